The molecule has 4 aromatic rings. The zero-order chi connectivity index (χ0) is 20.5. The van der Waals surface area contributed by atoms with E-state index in [1.54, 1.807) is 16.7 Å². The lowest BCUT2D eigenvalue weighted by molar-refractivity contribution is 0.111. The van der Waals surface area contributed by atoms with Crippen LogP contribution in [0, 0.1) is 0 Å². The minimum Gasteiger partial charge on any atom is -0.338 e. The molecule has 0 aliphatic carbocycles. The minimum absolute atomic E-state index is 0.0252. The molecule has 0 atom stereocenters. The second-order valence-electron chi connectivity index (χ2n) is 7.21. The average molecular weight is 443 g/mol. The average Bonchev–Trinajstić information content (AvgIpc) is 3.40. The monoisotopic (exact) mass is 442 g/mol. The Kier molecular flexibility index (Phi) is 5.34. The van der Waals surface area contributed by atoms with Gasteiger partial charge in [-0.05, 0) is 24.3 Å². The molecular formula is C20H19ClN6O2S. The fourth-order valence-corrected chi connectivity index (χ4v) is 4.39. The van der Waals surface area contributed by atoms with Gasteiger partial charge in [-0.1, -0.05) is 16.8 Å². The third-order valence-electron chi connectivity index (χ3n) is 5.14. The van der Waals surface area contributed by atoms with Crippen molar-refractivity contribution < 1.29 is 4.52 Å². The van der Waals surface area contributed by atoms with Gasteiger partial charge in [0, 0.05) is 61.0 Å². The van der Waals surface area contributed by atoms with Crippen LogP contribution in [-0.4, -0.2) is 55.5 Å². The molecule has 0 unspecified atom stereocenters. The summed E-state index contributed by atoms with van der Waals surface area (Å²) in [5, 5.41) is 6.63. The number of rotatable bonds is 5. The van der Waals surface area contributed by atoms with Crippen molar-refractivity contribution in [1.82, 2.24) is 29.3 Å². The first-order valence-electron chi connectivity index (χ1n) is 9.63. The molecule has 1 aromatic carbocycles. The van der Waals surface area contributed by atoms with Crippen LogP contribution in [0.5, 0.6) is 0 Å². The Morgan fingerprint density at radius 3 is 2.53 bits per heavy atom. The summed E-state index contributed by atoms with van der Waals surface area (Å²) in [6.45, 7) is 4.86. The summed E-state index contributed by atoms with van der Waals surface area (Å²) in [7, 11) is 0. The van der Waals surface area contributed by atoms with E-state index in [-0.39, 0.29) is 5.56 Å². The van der Waals surface area contributed by atoms with Crippen molar-refractivity contribution in [2.75, 3.05) is 26.2 Å². The molecule has 0 N–H and O–H groups in total. The van der Waals surface area contributed by atoms with Crippen LogP contribution >= 0.6 is 22.9 Å². The molecule has 30 heavy (non-hydrogen) atoms. The molecule has 5 rings (SSSR count). The van der Waals surface area contributed by atoms with Crippen LogP contribution in [-0.2, 0) is 13.1 Å². The standard InChI is InChI=1S/C20H19ClN6O2S/c21-15-3-1-14(2-4-15)19-23-17(29-24-19)13-26-7-5-25(6-8-26)12-16-11-18(28)27-9-10-30-20(27)22-16/h1-4,9-11H,5-8,12-13H2. The number of hydrogen-bond acceptors (Lipinski definition) is 8. The van der Waals surface area contributed by atoms with Crippen molar-refractivity contribution in [3.63, 3.8) is 0 Å². The lowest BCUT2D eigenvalue weighted by Gasteiger charge is -2.33. The highest BCUT2D eigenvalue weighted by molar-refractivity contribution is 7.15. The molecule has 8 nitrogen and oxygen atoms in total. The number of thiazole rings is 1. The maximum atomic E-state index is 12.2. The molecule has 1 aliphatic rings. The van der Waals surface area contributed by atoms with E-state index in [2.05, 4.69) is 24.9 Å². The fraction of sp³-hybridized carbons (Fsp3) is 0.300. The van der Waals surface area contributed by atoms with Crippen molar-refractivity contribution in [3.05, 3.63) is 68.9 Å². The predicted molar refractivity (Wildman–Crippen MR) is 115 cm³/mol. The molecule has 1 saturated heterocycles. The Labute approximate surface area is 181 Å². The Morgan fingerprint density at radius 2 is 1.77 bits per heavy atom. The van der Waals surface area contributed by atoms with E-state index in [0.29, 0.717) is 29.8 Å². The Balaban J connectivity index is 1.17. The van der Waals surface area contributed by atoms with Gasteiger partial charge in [0.15, 0.2) is 4.96 Å². The maximum absolute atomic E-state index is 12.2. The molecule has 0 saturated carbocycles. The SMILES string of the molecule is O=c1cc(CN2CCN(Cc3nc(-c4ccc(Cl)cc4)no3)CC2)nc2sccn12. The predicted octanol–water partition coefficient (Wildman–Crippen LogP) is 2.78. The number of hydrogen-bond donors (Lipinski definition) is 0. The summed E-state index contributed by atoms with van der Waals surface area (Å²) in [5.74, 6) is 1.17. The second kappa shape index (κ2) is 8.27. The number of fused-ring (bicyclic) bond motifs is 1. The van der Waals surface area contributed by atoms with Crippen molar-refractivity contribution in [1.29, 1.82) is 0 Å². The Morgan fingerprint density at radius 1 is 1.03 bits per heavy atom. The van der Waals surface area contributed by atoms with Gasteiger partial charge < -0.3 is 4.52 Å². The molecule has 3 aromatic heterocycles. The third-order valence-corrected chi connectivity index (χ3v) is 6.14. The van der Waals surface area contributed by atoms with Gasteiger partial charge in [0.1, 0.15) is 0 Å². The van der Waals surface area contributed by atoms with E-state index in [1.165, 1.54) is 11.3 Å². The molecule has 4 heterocycles. The molecule has 0 amide bonds. The van der Waals surface area contributed by atoms with Crippen LogP contribution < -0.4 is 5.56 Å². The van der Waals surface area contributed by atoms with Crippen LogP contribution in [0.4, 0.5) is 0 Å². The van der Waals surface area contributed by atoms with Crippen LogP contribution in [0.2, 0.25) is 5.02 Å². The number of nitrogens with zero attached hydrogens (tertiary/aromatic N) is 6. The molecule has 10 heteroatoms. The topological polar surface area (TPSA) is 79.8 Å². The van der Waals surface area contributed by atoms with Gasteiger partial charge in [0.05, 0.1) is 12.2 Å². The summed E-state index contributed by atoms with van der Waals surface area (Å²) in [6.07, 6.45) is 1.76. The highest BCUT2D eigenvalue weighted by Crippen LogP contribution is 2.19. The van der Waals surface area contributed by atoms with Crippen LogP contribution in [0.15, 0.2) is 51.2 Å². The van der Waals surface area contributed by atoms with E-state index in [1.807, 2.05) is 29.6 Å². The second-order valence-corrected chi connectivity index (χ2v) is 8.52. The van der Waals surface area contributed by atoms with Crippen molar-refractivity contribution in [3.8, 4) is 11.4 Å². The lowest BCUT2D eigenvalue weighted by Crippen LogP contribution is -2.45. The molecule has 1 aliphatic heterocycles. The normalized spacial score (nSPS) is 15.8. The Bertz CT molecular complexity index is 1210. The molecule has 0 radical (unpaired) electrons. The summed E-state index contributed by atoms with van der Waals surface area (Å²) in [6, 6.07) is 9.01. The highest BCUT2D eigenvalue weighted by Gasteiger charge is 2.20. The molecule has 1 fully saturated rings. The minimum atomic E-state index is -0.0252. The van der Waals surface area contributed by atoms with Gasteiger partial charge in [-0.3, -0.25) is 19.0 Å². The maximum Gasteiger partial charge on any atom is 0.258 e. The van der Waals surface area contributed by atoms with E-state index in [0.717, 1.165) is 42.4 Å². The number of piperazine rings is 1. The summed E-state index contributed by atoms with van der Waals surface area (Å²) >= 11 is 7.40. The number of aromatic nitrogens is 4. The quantitative estimate of drug-likeness (QED) is 0.470. The highest BCUT2D eigenvalue weighted by atomic mass is 35.5. The van der Waals surface area contributed by atoms with Crippen molar-refractivity contribution >= 4 is 27.9 Å². The molecule has 154 valence electrons. The zero-order valence-electron chi connectivity index (χ0n) is 16.1. The van der Waals surface area contributed by atoms with Gasteiger partial charge >= 0.3 is 0 Å². The van der Waals surface area contributed by atoms with E-state index >= 15 is 0 Å². The number of benzene rings is 1. The van der Waals surface area contributed by atoms with Crippen molar-refractivity contribution in [2.24, 2.45) is 0 Å². The number of halogens is 1. The van der Waals surface area contributed by atoms with Crippen LogP contribution in [0.1, 0.15) is 11.6 Å². The first-order valence-corrected chi connectivity index (χ1v) is 10.9. The molecule has 0 spiro atoms. The van der Waals surface area contributed by atoms with Gasteiger partial charge in [-0.2, -0.15) is 4.98 Å². The largest absolute Gasteiger partial charge is 0.338 e. The zero-order valence-corrected chi connectivity index (χ0v) is 17.6. The van der Waals surface area contributed by atoms with E-state index < -0.39 is 0 Å². The van der Waals surface area contributed by atoms with Gasteiger partial charge in [0.25, 0.3) is 5.56 Å². The lowest BCUT2D eigenvalue weighted by atomic mass is 10.2. The first kappa shape index (κ1) is 19.4. The third kappa shape index (κ3) is 4.15. The van der Waals surface area contributed by atoms with Gasteiger partial charge in [0.2, 0.25) is 11.7 Å². The Hall–Kier alpha value is -2.59. The summed E-state index contributed by atoms with van der Waals surface area (Å²) in [5.41, 5.74) is 1.67. The van der Waals surface area contributed by atoms with Crippen LogP contribution in [0.3, 0.4) is 0 Å². The smallest absolute Gasteiger partial charge is 0.258 e. The fourth-order valence-electron chi connectivity index (χ4n) is 3.53. The summed E-state index contributed by atoms with van der Waals surface area (Å²) < 4.78 is 7.00. The van der Waals surface area contributed by atoms with Gasteiger partial charge in [-0.25, -0.2) is 4.98 Å². The van der Waals surface area contributed by atoms with E-state index in [9.17, 15) is 4.79 Å². The van der Waals surface area contributed by atoms with Gasteiger partial charge in [-0.15, -0.1) is 11.3 Å². The first-order chi connectivity index (χ1) is 14.6. The van der Waals surface area contributed by atoms with Crippen LogP contribution in [0.25, 0.3) is 16.3 Å². The van der Waals surface area contributed by atoms with E-state index in [4.69, 9.17) is 16.1 Å². The molecular weight excluding hydrogens is 424 g/mol. The van der Waals surface area contributed by atoms with Crippen molar-refractivity contribution in [2.45, 2.75) is 13.1 Å². The summed E-state index contributed by atoms with van der Waals surface area (Å²) in [4.78, 5) is 26.6. The molecule has 0 bridgehead atoms.